The second-order valence-electron chi connectivity index (χ2n) is 6.56. The number of rotatable bonds is 4. The van der Waals surface area contributed by atoms with E-state index in [4.69, 9.17) is 0 Å². The van der Waals surface area contributed by atoms with Crippen molar-refractivity contribution in [1.29, 1.82) is 0 Å². The molecule has 0 aliphatic carbocycles. The quantitative estimate of drug-likeness (QED) is 0.760. The second-order valence-corrected chi connectivity index (χ2v) is 9.32. The first kappa shape index (κ1) is 20.0. The van der Waals surface area contributed by atoms with E-state index in [0.29, 0.717) is 18.5 Å². The van der Waals surface area contributed by atoms with Crippen LogP contribution in [0.3, 0.4) is 0 Å². The zero-order chi connectivity index (χ0) is 19.6. The van der Waals surface area contributed by atoms with Crippen molar-refractivity contribution in [3.8, 4) is 0 Å². The summed E-state index contributed by atoms with van der Waals surface area (Å²) in [5.41, 5.74) is 1.72. The first-order valence-corrected chi connectivity index (χ1v) is 10.8. The fourth-order valence-electron chi connectivity index (χ4n) is 3.12. The van der Waals surface area contributed by atoms with Crippen molar-refractivity contribution in [2.45, 2.75) is 24.7 Å². The number of carbonyl (C=O) groups is 1. The van der Waals surface area contributed by atoms with Crippen molar-refractivity contribution >= 4 is 37.5 Å². The maximum atomic E-state index is 13.9. The van der Waals surface area contributed by atoms with Gasteiger partial charge in [-0.15, -0.1) is 0 Å². The number of anilines is 1. The molecule has 1 aliphatic heterocycles. The van der Waals surface area contributed by atoms with Gasteiger partial charge in [0.15, 0.2) is 0 Å². The van der Waals surface area contributed by atoms with Gasteiger partial charge in [0.2, 0.25) is 15.9 Å². The van der Waals surface area contributed by atoms with Gasteiger partial charge in [0, 0.05) is 29.2 Å². The molecule has 2 aromatic rings. The van der Waals surface area contributed by atoms with Crippen LogP contribution in [0.25, 0.3) is 0 Å². The standard InChI is InChI=1S/C19H20BrFN2O3S/c1-13-12-15(6-7-16(13)20)22-19(24)14-8-10-23(11-9-14)27(25,26)18-5-3-2-4-17(18)21/h2-7,12,14H,8-11H2,1H3,(H,22,24). The van der Waals surface area contributed by atoms with Crippen molar-refractivity contribution in [3.05, 3.63) is 58.3 Å². The molecule has 1 saturated heterocycles. The van der Waals surface area contributed by atoms with Crippen molar-refractivity contribution in [2.75, 3.05) is 18.4 Å². The summed E-state index contributed by atoms with van der Waals surface area (Å²) in [6.07, 6.45) is 0.796. The van der Waals surface area contributed by atoms with Crippen molar-refractivity contribution in [1.82, 2.24) is 4.31 Å². The second kappa shape index (κ2) is 8.08. The van der Waals surface area contributed by atoms with Crippen molar-refractivity contribution in [2.24, 2.45) is 5.92 Å². The minimum absolute atomic E-state index is 0.125. The van der Waals surface area contributed by atoms with Gasteiger partial charge in [0.05, 0.1) is 0 Å². The number of amides is 1. The van der Waals surface area contributed by atoms with Crippen LogP contribution < -0.4 is 5.32 Å². The van der Waals surface area contributed by atoms with Crippen molar-refractivity contribution in [3.63, 3.8) is 0 Å². The summed E-state index contributed by atoms with van der Waals surface area (Å²) in [6.45, 7) is 2.31. The molecule has 27 heavy (non-hydrogen) atoms. The number of piperidine rings is 1. The summed E-state index contributed by atoms with van der Waals surface area (Å²) in [7, 11) is -3.89. The Balaban J connectivity index is 1.63. The zero-order valence-corrected chi connectivity index (χ0v) is 17.2. The zero-order valence-electron chi connectivity index (χ0n) is 14.8. The SMILES string of the molecule is Cc1cc(NC(=O)C2CCN(S(=O)(=O)c3ccccc3F)CC2)ccc1Br. The summed E-state index contributed by atoms with van der Waals surface area (Å²) in [5.74, 6) is -1.16. The van der Waals surface area contributed by atoms with E-state index in [2.05, 4.69) is 21.2 Å². The van der Waals surface area contributed by atoms with Crippen LogP contribution >= 0.6 is 15.9 Å². The van der Waals surface area contributed by atoms with Crippen LogP contribution in [0.1, 0.15) is 18.4 Å². The van der Waals surface area contributed by atoms with E-state index in [1.165, 1.54) is 22.5 Å². The molecule has 0 aromatic heterocycles. The Kier molecular flexibility index (Phi) is 5.98. The minimum Gasteiger partial charge on any atom is -0.326 e. The Bertz CT molecular complexity index is 957. The molecule has 8 heteroatoms. The molecular formula is C19H20BrFN2O3S. The number of benzene rings is 2. The average Bonchev–Trinajstić information content (AvgIpc) is 2.65. The molecule has 144 valence electrons. The molecule has 1 amide bonds. The molecule has 5 nitrogen and oxygen atoms in total. The molecule has 0 atom stereocenters. The maximum absolute atomic E-state index is 13.9. The first-order valence-electron chi connectivity index (χ1n) is 8.61. The Morgan fingerprint density at radius 1 is 1.19 bits per heavy atom. The number of hydrogen-bond acceptors (Lipinski definition) is 3. The molecule has 1 aliphatic rings. The molecule has 0 bridgehead atoms. The van der Waals surface area contributed by atoms with Gasteiger partial charge in [0.25, 0.3) is 0 Å². The number of nitrogens with zero attached hydrogens (tertiary/aromatic N) is 1. The van der Waals surface area contributed by atoms with E-state index in [0.717, 1.165) is 16.1 Å². The van der Waals surface area contributed by atoms with E-state index >= 15 is 0 Å². The fraction of sp³-hybridized carbons (Fsp3) is 0.316. The number of aryl methyl sites for hydroxylation is 1. The molecule has 1 fully saturated rings. The van der Waals surface area contributed by atoms with Crippen LogP contribution in [0.5, 0.6) is 0 Å². The molecule has 0 spiro atoms. The van der Waals surface area contributed by atoms with Crippen LogP contribution in [0.4, 0.5) is 10.1 Å². The summed E-state index contributed by atoms with van der Waals surface area (Å²) >= 11 is 3.42. The van der Waals surface area contributed by atoms with Crippen molar-refractivity contribution < 1.29 is 17.6 Å². The first-order chi connectivity index (χ1) is 12.8. The van der Waals surface area contributed by atoms with E-state index in [1.807, 2.05) is 25.1 Å². The van der Waals surface area contributed by atoms with Crippen LogP contribution in [-0.2, 0) is 14.8 Å². The van der Waals surface area contributed by atoms with Gasteiger partial charge in [0.1, 0.15) is 10.7 Å². The monoisotopic (exact) mass is 454 g/mol. The lowest BCUT2D eigenvalue weighted by Gasteiger charge is -2.30. The van der Waals surface area contributed by atoms with Gasteiger partial charge < -0.3 is 5.32 Å². The van der Waals surface area contributed by atoms with Crippen LogP contribution in [0, 0.1) is 18.7 Å². The lowest BCUT2D eigenvalue weighted by molar-refractivity contribution is -0.120. The lowest BCUT2D eigenvalue weighted by Crippen LogP contribution is -2.41. The molecule has 2 aromatic carbocycles. The Morgan fingerprint density at radius 2 is 1.85 bits per heavy atom. The van der Waals surface area contributed by atoms with Crippen LogP contribution in [0.15, 0.2) is 51.8 Å². The molecule has 1 heterocycles. The van der Waals surface area contributed by atoms with Gasteiger partial charge >= 0.3 is 0 Å². The van der Waals surface area contributed by atoms with E-state index in [-0.39, 0.29) is 29.8 Å². The molecule has 1 N–H and O–H groups in total. The Labute approximate surface area is 166 Å². The predicted octanol–water partition coefficient (Wildman–Crippen LogP) is 3.94. The van der Waals surface area contributed by atoms with Gasteiger partial charge in [-0.05, 0) is 55.7 Å². The van der Waals surface area contributed by atoms with Crippen LogP contribution in [0.2, 0.25) is 0 Å². The summed E-state index contributed by atoms with van der Waals surface area (Å²) in [4.78, 5) is 12.2. The number of hydrogen-bond donors (Lipinski definition) is 1. The number of carbonyl (C=O) groups excluding carboxylic acids is 1. The highest BCUT2D eigenvalue weighted by molar-refractivity contribution is 9.10. The maximum Gasteiger partial charge on any atom is 0.245 e. The molecular weight excluding hydrogens is 435 g/mol. The lowest BCUT2D eigenvalue weighted by atomic mass is 9.97. The van der Waals surface area contributed by atoms with E-state index < -0.39 is 15.8 Å². The summed E-state index contributed by atoms with van der Waals surface area (Å²) in [6, 6.07) is 10.9. The third kappa shape index (κ3) is 4.39. The molecule has 0 radical (unpaired) electrons. The summed E-state index contributed by atoms with van der Waals surface area (Å²) < 4.78 is 41.3. The van der Waals surface area contributed by atoms with Gasteiger partial charge in [-0.3, -0.25) is 4.79 Å². The highest BCUT2D eigenvalue weighted by atomic mass is 79.9. The largest absolute Gasteiger partial charge is 0.326 e. The third-order valence-corrected chi connectivity index (χ3v) is 7.53. The topological polar surface area (TPSA) is 66.5 Å². The van der Waals surface area contributed by atoms with Gasteiger partial charge in [-0.25, -0.2) is 12.8 Å². The normalized spacial score (nSPS) is 16.3. The van der Waals surface area contributed by atoms with Gasteiger partial charge in [-0.1, -0.05) is 28.1 Å². The number of halogens is 2. The molecule has 0 saturated carbocycles. The third-order valence-electron chi connectivity index (χ3n) is 4.70. The van der Waals surface area contributed by atoms with E-state index in [9.17, 15) is 17.6 Å². The predicted molar refractivity (Wildman–Crippen MR) is 105 cm³/mol. The molecule has 3 rings (SSSR count). The Morgan fingerprint density at radius 3 is 2.48 bits per heavy atom. The highest BCUT2D eigenvalue weighted by Crippen LogP contribution is 2.27. The minimum atomic E-state index is -3.89. The highest BCUT2D eigenvalue weighted by Gasteiger charge is 2.33. The molecule has 0 unspecified atom stereocenters. The smallest absolute Gasteiger partial charge is 0.245 e. The number of sulfonamides is 1. The van der Waals surface area contributed by atoms with Gasteiger partial charge in [-0.2, -0.15) is 4.31 Å². The van der Waals surface area contributed by atoms with Crippen LogP contribution in [-0.4, -0.2) is 31.7 Å². The number of nitrogens with one attached hydrogen (secondary N) is 1. The summed E-state index contributed by atoms with van der Waals surface area (Å²) in [5, 5.41) is 2.89. The fourth-order valence-corrected chi connectivity index (χ4v) is 4.90. The average molecular weight is 455 g/mol. The van der Waals surface area contributed by atoms with E-state index in [1.54, 1.807) is 0 Å². The Hall–Kier alpha value is -1.77.